The number of hydrogen-bond donors (Lipinski definition) is 3. The monoisotopic (exact) mass is 460 g/mol. The number of aliphatic hydroxyl groups excluding tert-OH is 2. The fraction of sp³-hybridized carbons (Fsp3) is 0.933. The van der Waals surface area contributed by atoms with E-state index in [0.717, 1.165) is 44.9 Å². The summed E-state index contributed by atoms with van der Waals surface area (Å²) in [5.74, 6) is 1.31. The second-order valence-corrected chi connectivity index (χ2v) is 14.5. The van der Waals surface area contributed by atoms with Crippen LogP contribution in [0.5, 0.6) is 0 Å². The van der Waals surface area contributed by atoms with Crippen LogP contribution in [0.4, 0.5) is 0 Å². The van der Waals surface area contributed by atoms with Gasteiger partial charge in [-0.2, -0.15) is 0 Å². The maximum atomic E-state index is 11.8. The van der Waals surface area contributed by atoms with E-state index in [2.05, 4.69) is 54.5 Å². The summed E-state index contributed by atoms with van der Waals surface area (Å²) < 4.78 is 0. The van der Waals surface area contributed by atoms with E-state index in [1.807, 2.05) is 6.92 Å². The van der Waals surface area contributed by atoms with Crippen molar-refractivity contribution in [3.05, 3.63) is 11.6 Å². The van der Waals surface area contributed by atoms with Crippen LogP contribution in [0.25, 0.3) is 0 Å². The van der Waals surface area contributed by atoms with Gasteiger partial charge in [-0.1, -0.05) is 46.3 Å². The maximum absolute atomic E-state index is 11.8. The van der Waals surface area contributed by atoms with E-state index in [4.69, 9.17) is 0 Å². The molecule has 3 nitrogen and oxygen atoms in total. The van der Waals surface area contributed by atoms with Crippen LogP contribution in [0.1, 0.15) is 113 Å². The second-order valence-electron chi connectivity index (χ2n) is 14.5. The van der Waals surface area contributed by atoms with Crippen molar-refractivity contribution in [2.24, 2.45) is 45.3 Å². The molecule has 3 N–H and O–H groups in total. The van der Waals surface area contributed by atoms with Gasteiger partial charge in [0, 0.05) is 0 Å². The van der Waals surface area contributed by atoms with Crippen molar-refractivity contribution < 1.29 is 15.3 Å². The van der Waals surface area contributed by atoms with Crippen molar-refractivity contribution in [2.45, 2.75) is 131 Å². The molecule has 0 aliphatic heterocycles. The maximum Gasteiger partial charge on any atom is 0.0654 e. The minimum atomic E-state index is -0.739. The van der Waals surface area contributed by atoms with Crippen molar-refractivity contribution in [1.82, 2.24) is 0 Å². The zero-order valence-electron chi connectivity index (χ0n) is 22.7. The molecule has 0 aromatic rings. The Bertz CT molecular complexity index is 779. The molecule has 0 heterocycles. The third-order valence-electron chi connectivity index (χ3n) is 12.4. The number of hydrogen-bond acceptors (Lipinski definition) is 3. The van der Waals surface area contributed by atoms with Gasteiger partial charge < -0.3 is 15.3 Å². The molecule has 33 heavy (non-hydrogen) atoms. The van der Waals surface area contributed by atoms with Gasteiger partial charge in [-0.3, -0.25) is 0 Å². The summed E-state index contributed by atoms with van der Waals surface area (Å²) in [6.07, 6.45) is 10.6. The molecule has 0 bridgehead atoms. The van der Waals surface area contributed by atoms with Gasteiger partial charge >= 0.3 is 0 Å². The molecule has 4 aliphatic carbocycles. The molecule has 1 unspecified atom stereocenters. The van der Waals surface area contributed by atoms with Crippen LogP contribution >= 0.6 is 0 Å². The molecule has 3 heteroatoms. The van der Waals surface area contributed by atoms with Crippen LogP contribution in [-0.2, 0) is 0 Å². The second kappa shape index (κ2) is 8.07. The first-order valence-electron chi connectivity index (χ1n) is 13.8. The number of aliphatic hydroxyl groups is 3. The minimum absolute atomic E-state index is 0.0503. The van der Waals surface area contributed by atoms with Crippen LogP contribution < -0.4 is 0 Å². The molecule has 0 spiro atoms. The van der Waals surface area contributed by atoms with Crippen LogP contribution in [0, 0.1) is 45.3 Å². The van der Waals surface area contributed by atoms with E-state index in [1.165, 1.54) is 18.4 Å². The lowest BCUT2D eigenvalue weighted by Crippen LogP contribution is -2.66. The van der Waals surface area contributed by atoms with Gasteiger partial charge in [0.15, 0.2) is 0 Å². The van der Waals surface area contributed by atoms with Gasteiger partial charge in [-0.15, -0.1) is 0 Å². The van der Waals surface area contributed by atoms with E-state index in [1.54, 1.807) is 0 Å². The molecule has 0 radical (unpaired) electrons. The Kier molecular flexibility index (Phi) is 6.28. The highest BCUT2D eigenvalue weighted by Crippen LogP contribution is 2.75. The van der Waals surface area contributed by atoms with Crippen LogP contribution in [0.15, 0.2) is 11.6 Å². The summed E-state index contributed by atoms with van der Waals surface area (Å²) in [5, 5.41) is 34.3. The standard InChI is InChI=1S/C30H52O3/c1-19(2)10-9-14-30(8,33)20-11-16-29(7)25(20)21(31)18-23-27(5)15-13-24(32)26(3,4)22(27)12-17-28(23,29)6/h10,20-25,31-33H,9,11-18H2,1-8H3/t20-,21+,22?,23+,24-,25-,27-,28+,29-,30-/m0/s1. The Balaban J connectivity index is 1.66. The third-order valence-corrected chi connectivity index (χ3v) is 12.4. The lowest BCUT2D eigenvalue weighted by Gasteiger charge is -2.70. The van der Waals surface area contributed by atoms with Crippen molar-refractivity contribution >= 4 is 0 Å². The molecule has 0 aromatic heterocycles. The topological polar surface area (TPSA) is 60.7 Å². The van der Waals surface area contributed by atoms with Crippen LogP contribution in [-0.4, -0.2) is 33.1 Å². The Morgan fingerprint density at radius 2 is 1.55 bits per heavy atom. The molecule has 4 aliphatic rings. The van der Waals surface area contributed by atoms with Crippen LogP contribution in [0.2, 0.25) is 0 Å². The number of allylic oxidation sites excluding steroid dienone is 2. The van der Waals surface area contributed by atoms with Gasteiger partial charge in [0.05, 0.1) is 17.8 Å². The highest BCUT2D eigenvalue weighted by atomic mass is 16.3. The van der Waals surface area contributed by atoms with E-state index in [9.17, 15) is 15.3 Å². The molecule has 10 atom stereocenters. The summed E-state index contributed by atoms with van der Waals surface area (Å²) in [5.41, 5.74) is 0.885. The lowest BCUT2D eigenvalue weighted by molar-refractivity contribution is -0.246. The minimum Gasteiger partial charge on any atom is -0.393 e. The van der Waals surface area contributed by atoms with E-state index in [0.29, 0.717) is 11.8 Å². The third kappa shape index (κ3) is 3.61. The lowest BCUT2D eigenvalue weighted by atomic mass is 9.35. The molecule has 4 saturated carbocycles. The Morgan fingerprint density at radius 1 is 0.909 bits per heavy atom. The molecule has 0 amide bonds. The molecule has 0 aromatic carbocycles. The van der Waals surface area contributed by atoms with E-state index < -0.39 is 5.60 Å². The Hall–Kier alpha value is -0.380. The van der Waals surface area contributed by atoms with Crippen molar-refractivity contribution in [2.75, 3.05) is 0 Å². The van der Waals surface area contributed by atoms with Gasteiger partial charge in [0.1, 0.15) is 0 Å². The fourth-order valence-corrected chi connectivity index (χ4v) is 10.3. The predicted octanol–water partition coefficient (Wildman–Crippen LogP) is 6.50. The van der Waals surface area contributed by atoms with Gasteiger partial charge in [0.25, 0.3) is 0 Å². The first kappa shape index (κ1) is 25.7. The van der Waals surface area contributed by atoms with Gasteiger partial charge in [0.2, 0.25) is 0 Å². The first-order valence-corrected chi connectivity index (χ1v) is 13.8. The van der Waals surface area contributed by atoms with Crippen molar-refractivity contribution in [1.29, 1.82) is 0 Å². The quantitative estimate of drug-likeness (QED) is 0.420. The average Bonchev–Trinajstić information content (AvgIpc) is 3.08. The Labute approximate surface area is 203 Å². The molecule has 4 rings (SSSR count). The molecule has 4 fully saturated rings. The summed E-state index contributed by atoms with van der Waals surface area (Å²) in [7, 11) is 0. The SMILES string of the molecule is CC(C)=CCC[C@](C)(O)[C@H]1CC[C@@]2(C)[C@@H]1[C@H](O)C[C@@H]1[C@@]3(C)CC[C@H](O)C(C)(C)C3CC[C@]12C. The summed E-state index contributed by atoms with van der Waals surface area (Å²) >= 11 is 0. The van der Waals surface area contributed by atoms with Gasteiger partial charge in [-0.05, 0) is 124 Å². The van der Waals surface area contributed by atoms with Gasteiger partial charge in [-0.25, -0.2) is 0 Å². The molecule has 0 saturated heterocycles. The largest absolute Gasteiger partial charge is 0.393 e. The zero-order valence-corrected chi connectivity index (χ0v) is 22.7. The molecular formula is C30H52O3. The van der Waals surface area contributed by atoms with Crippen molar-refractivity contribution in [3.8, 4) is 0 Å². The van der Waals surface area contributed by atoms with Crippen LogP contribution in [0.3, 0.4) is 0 Å². The summed E-state index contributed by atoms with van der Waals surface area (Å²) in [6, 6.07) is 0. The first-order chi connectivity index (χ1) is 15.1. The highest BCUT2D eigenvalue weighted by molar-refractivity contribution is 5.20. The van der Waals surface area contributed by atoms with E-state index in [-0.39, 0.29) is 45.7 Å². The Morgan fingerprint density at radius 3 is 2.18 bits per heavy atom. The van der Waals surface area contributed by atoms with E-state index >= 15 is 0 Å². The zero-order chi connectivity index (χ0) is 24.6. The predicted molar refractivity (Wildman–Crippen MR) is 136 cm³/mol. The summed E-state index contributed by atoms with van der Waals surface area (Å²) in [4.78, 5) is 0. The fourth-order valence-electron chi connectivity index (χ4n) is 10.3. The molecular weight excluding hydrogens is 408 g/mol. The average molecular weight is 461 g/mol. The summed E-state index contributed by atoms with van der Waals surface area (Å²) in [6.45, 7) is 18.3. The normalized spacial score (nSPS) is 50.5. The van der Waals surface area contributed by atoms with Crippen molar-refractivity contribution in [3.63, 3.8) is 0 Å². The smallest absolute Gasteiger partial charge is 0.0654 e. The number of fused-ring (bicyclic) bond motifs is 5. The number of rotatable bonds is 4. The highest BCUT2D eigenvalue weighted by Gasteiger charge is 2.71. The molecule has 190 valence electrons.